The molecule has 1 atom stereocenters. The number of anilines is 1. The number of amides is 1. The molecule has 0 fully saturated rings. The maximum atomic E-state index is 13.8. The van der Waals surface area contributed by atoms with Crippen LogP contribution in [0.15, 0.2) is 66.7 Å². The van der Waals surface area contributed by atoms with Crippen LogP contribution in [0.2, 0.25) is 0 Å². The van der Waals surface area contributed by atoms with Crippen molar-refractivity contribution in [3.8, 4) is 11.5 Å². The van der Waals surface area contributed by atoms with Crippen molar-refractivity contribution in [3.63, 3.8) is 0 Å². The molecule has 0 aliphatic heterocycles. The van der Waals surface area contributed by atoms with Crippen LogP contribution in [0.1, 0.15) is 12.5 Å². The third kappa shape index (κ3) is 4.63. The number of fused-ring (bicyclic) bond motifs is 1. The van der Waals surface area contributed by atoms with Gasteiger partial charge >= 0.3 is 0 Å². The van der Waals surface area contributed by atoms with Gasteiger partial charge in [0.1, 0.15) is 29.7 Å². The summed E-state index contributed by atoms with van der Waals surface area (Å²) < 4.78 is 38.8. The first-order chi connectivity index (χ1) is 15.0. The monoisotopic (exact) mass is 423 g/mol. The molecule has 0 radical (unpaired) electrons. The molecule has 1 amide bonds. The highest BCUT2D eigenvalue weighted by atomic mass is 19.1. The van der Waals surface area contributed by atoms with Crippen molar-refractivity contribution in [2.75, 3.05) is 5.32 Å². The zero-order chi connectivity index (χ0) is 21.8. The molecule has 31 heavy (non-hydrogen) atoms. The molecule has 8 heteroatoms. The summed E-state index contributed by atoms with van der Waals surface area (Å²) >= 11 is 0. The van der Waals surface area contributed by atoms with Crippen LogP contribution >= 0.6 is 0 Å². The number of nitrogens with one attached hydrogen (secondary N) is 2. The van der Waals surface area contributed by atoms with Crippen molar-refractivity contribution < 1.29 is 23.0 Å². The SMILES string of the molecule is CC(Oc1ccccc1)C(=O)Nc1n[nH]c2ccc(OCc3c(F)cccc3F)cc12. The average molecular weight is 423 g/mol. The Bertz CT molecular complexity index is 1190. The maximum Gasteiger partial charge on any atom is 0.266 e. The van der Waals surface area contributed by atoms with Gasteiger partial charge in [-0.2, -0.15) is 5.10 Å². The molecule has 1 unspecified atom stereocenters. The lowest BCUT2D eigenvalue weighted by molar-refractivity contribution is -0.122. The number of ether oxygens (including phenoxy) is 2. The minimum atomic E-state index is -0.752. The minimum Gasteiger partial charge on any atom is -0.489 e. The Hall–Kier alpha value is -3.94. The number of H-pyrrole nitrogens is 1. The first-order valence-corrected chi connectivity index (χ1v) is 9.57. The molecule has 0 saturated carbocycles. The van der Waals surface area contributed by atoms with Crippen molar-refractivity contribution in [2.45, 2.75) is 19.6 Å². The normalized spacial score (nSPS) is 11.8. The third-order valence-corrected chi connectivity index (χ3v) is 4.65. The van der Waals surface area contributed by atoms with Gasteiger partial charge in [-0.3, -0.25) is 9.89 Å². The number of aromatic nitrogens is 2. The second-order valence-corrected chi connectivity index (χ2v) is 6.83. The first-order valence-electron chi connectivity index (χ1n) is 9.57. The summed E-state index contributed by atoms with van der Waals surface area (Å²) in [5, 5.41) is 10.3. The zero-order valence-electron chi connectivity index (χ0n) is 16.6. The van der Waals surface area contributed by atoms with E-state index in [4.69, 9.17) is 9.47 Å². The van der Waals surface area contributed by atoms with Gasteiger partial charge in [0, 0.05) is 5.39 Å². The summed E-state index contributed by atoms with van der Waals surface area (Å²) in [6, 6.07) is 17.6. The highest BCUT2D eigenvalue weighted by Gasteiger charge is 2.18. The van der Waals surface area contributed by atoms with Gasteiger partial charge in [-0.05, 0) is 49.4 Å². The van der Waals surface area contributed by atoms with Crippen LogP contribution in [0, 0.1) is 11.6 Å². The zero-order valence-corrected chi connectivity index (χ0v) is 16.6. The number of para-hydroxylation sites is 1. The van der Waals surface area contributed by atoms with Gasteiger partial charge in [0.05, 0.1) is 11.1 Å². The number of aromatic amines is 1. The van der Waals surface area contributed by atoms with E-state index >= 15 is 0 Å². The van der Waals surface area contributed by atoms with E-state index in [-0.39, 0.29) is 18.1 Å². The molecule has 0 aliphatic rings. The molecule has 1 heterocycles. The fourth-order valence-corrected chi connectivity index (χ4v) is 2.98. The summed E-state index contributed by atoms with van der Waals surface area (Å²) in [4.78, 5) is 12.5. The molecule has 0 aliphatic carbocycles. The van der Waals surface area contributed by atoms with Crippen LogP contribution in [0.4, 0.5) is 14.6 Å². The van der Waals surface area contributed by atoms with Crippen LogP contribution in [0.3, 0.4) is 0 Å². The standard InChI is InChI=1S/C23H19F2N3O3/c1-14(31-15-6-3-2-4-7-15)23(29)26-22-17-12-16(10-11-21(17)27-28-22)30-13-18-19(24)8-5-9-20(18)25/h2-12,14H,13H2,1H3,(H2,26,27,28,29). The first kappa shape index (κ1) is 20.3. The summed E-state index contributed by atoms with van der Waals surface area (Å²) in [7, 11) is 0. The van der Waals surface area contributed by atoms with Gasteiger partial charge in [0.2, 0.25) is 0 Å². The van der Waals surface area contributed by atoms with E-state index in [2.05, 4.69) is 15.5 Å². The van der Waals surface area contributed by atoms with Gasteiger partial charge in [-0.25, -0.2) is 8.78 Å². The number of rotatable bonds is 7. The molecule has 2 N–H and O–H groups in total. The summed E-state index contributed by atoms with van der Waals surface area (Å²) in [5.74, 6) is -0.480. The van der Waals surface area contributed by atoms with E-state index < -0.39 is 17.7 Å². The van der Waals surface area contributed by atoms with E-state index in [1.54, 1.807) is 37.3 Å². The quantitative estimate of drug-likeness (QED) is 0.447. The molecule has 0 bridgehead atoms. The highest BCUT2D eigenvalue weighted by Crippen LogP contribution is 2.26. The Labute approximate surface area is 176 Å². The predicted octanol–water partition coefficient (Wildman–Crippen LogP) is 4.83. The van der Waals surface area contributed by atoms with Crippen LogP contribution in [-0.4, -0.2) is 22.2 Å². The van der Waals surface area contributed by atoms with E-state index in [0.29, 0.717) is 28.2 Å². The molecular formula is C23H19F2N3O3. The number of carbonyl (C=O) groups excluding carboxylic acids is 1. The Morgan fingerprint density at radius 2 is 1.77 bits per heavy atom. The van der Waals surface area contributed by atoms with E-state index in [9.17, 15) is 13.6 Å². The lowest BCUT2D eigenvalue weighted by atomic mass is 10.2. The summed E-state index contributed by atoms with van der Waals surface area (Å²) in [6.07, 6.45) is -0.752. The Morgan fingerprint density at radius 3 is 2.52 bits per heavy atom. The Balaban J connectivity index is 1.47. The fourth-order valence-electron chi connectivity index (χ4n) is 2.98. The lowest BCUT2D eigenvalue weighted by Gasteiger charge is -2.14. The number of halogens is 2. The van der Waals surface area contributed by atoms with Crippen molar-refractivity contribution >= 4 is 22.6 Å². The summed E-state index contributed by atoms with van der Waals surface area (Å²) in [6.45, 7) is 1.36. The topological polar surface area (TPSA) is 76.2 Å². The Kier molecular flexibility index (Phi) is 5.79. The molecule has 6 nitrogen and oxygen atoms in total. The number of carbonyl (C=O) groups is 1. The smallest absolute Gasteiger partial charge is 0.266 e. The third-order valence-electron chi connectivity index (χ3n) is 4.65. The minimum absolute atomic E-state index is 0.157. The fraction of sp³-hybridized carbons (Fsp3) is 0.130. The van der Waals surface area contributed by atoms with Gasteiger partial charge in [-0.1, -0.05) is 24.3 Å². The van der Waals surface area contributed by atoms with Gasteiger partial charge in [0.15, 0.2) is 11.9 Å². The van der Waals surface area contributed by atoms with Crippen LogP contribution < -0.4 is 14.8 Å². The molecule has 4 aromatic rings. The number of nitrogens with zero attached hydrogens (tertiary/aromatic N) is 1. The molecule has 0 saturated heterocycles. The number of benzene rings is 3. The van der Waals surface area contributed by atoms with Crippen LogP contribution in [0.25, 0.3) is 10.9 Å². The van der Waals surface area contributed by atoms with Gasteiger partial charge in [-0.15, -0.1) is 0 Å². The van der Waals surface area contributed by atoms with Crippen molar-refractivity contribution in [1.29, 1.82) is 0 Å². The Morgan fingerprint density at radius 1 is 1.03 bits per heavy atom. The maximum absolute atomic E-state index is 13.8. The molecule has 158 valence electrons. The molecular weight excluding hydrogens is 404 g/mol. The second kappa shape index (κ2) is 8.83. The predicted molar refractivity (Wildman–Crippen MR) is 112 cm³/mol. The molecule has 0 spiro atoms. The van der Waals surface area contributed by atoms with Crippen molar-refractivity contribution in [2.24, 2.45) is 0 Å². The van der Waals surface area contributed by atoms with Gasteiger partial charge in [0.25, 0.3) is 5.91 Å². The van der Waals surface area contributed by atoms with Crippen molar-refractivity contribution in [3.05, 3.63) is 83.9 Å². The van der Waals surface area contributed by atoms with E-state index in [1.807, 2.05) is 18.2 Å². The lowest BCUT2D eigenvalue weighted by Crippen LogP contribution is -2.30. The number of hydrogen-bond donors (Lipinski definition) is 2. The van der Waals surface area contributed by atoms with Crippen LogP contribution in [-0.2, 0) is 11.4 Å². The van der Waals surface area contributed by atoms with Crippen LogP contribution in [0.5, 0.6) is 11.5 Å². The van der Waals surface area contributed by atoms with Crippen molar-refractivity contribution in [1.82, 2.24) is 10.2 Å². The second-order valence-electron chi connectivity index (χ2n) is 6.83. The largest absolute Gasteiger partial charge is 0.489 e. The van der Waals surface area contributed by atoms with Gasteiger partial charge < -0.3 is 14.8 Å². The summed E-state index contributed by atoms with van der Waals surface area (Å²) in [5.41, 5.74) is 0.506. The molecule has 3 aromatic carbocycles. The average Bonchev–Trinajstić information content (AvgIpc) is 3.16. The molecule has 1 aromatic heterocycles. The molecule has 4 rings (SSSR count). The van der Waals surface area contributed by atoms with E-state index in [0.717, 1.165) is 0 Å². The number of hydrogen-bond acceptors (Lipinski definition) is 4. The van der Waals surface area contributed by atoms with E-state index in [1.165, 1.54) is 18.2 Å². The highest BCUT2D eigenvalue weighted by molar-refractivity contribution is 6.01.